The van der Waals surface area contributed by atoms with Gasteiger partial charge in [0, 0.05) is 23.6 Å². The van der Waals surface area contributed by atoms with Crippen LogP contribution in [0.25, 0.3) is 11.4 Å². The molecule has 1 atom stereocenters. The summed E-state index contributed by atoms with van der Waals surface area (Å²) in [5.41, 5.74) is 4.21. The van der Waals surface area contributed by atoms with E-state index in [2.05, 4.69) is 41.2 Å². The molecule has 0 aliphatic heterocycles. The second-order valence-electron chi connectivity index (χ2n) is 4.69. The molecular formula is C16H20N2O. The van der Waals surface area contributed by atoms with E-state index in [1.807, 2.05) is 26.8 Å². The van der Waals surface area contributed by atoms with Crippen molar-refractivity contribution in [1.29, 1.82) is 0 Å². The van der Waals surface area contributed by atoms with E-state index in [1.165, 1.54) is 5.56 Å². The molecule has 1 aromatic heterocycles. The topological polar surface area (TPSA) is 35.0 Å². The van der Waals surface area contributed by atoms with Gasteiger partial charge >= 0.3 is 0 Å². The lowest BCUT2D eigenvalue weighted by molar-refractivity contribution is 0.0764. The first-order valence-electron chi connectivity index (χ1n) is 6.64. The van der Waals surface area contributed by atoms with Crippen LogP contribution in [0.5, 0.6) is 0 Å². The van der Waals surface area contributed by atoms with Gasteiger partial charge < -0.3 is 4.74 Å². The van der Waals surface area contributed by atoms with Gasteiger partial charge in [0.25, 0.3) is 0 Å². The third kappa shape index (κ3) is 3.38. The van der Waals surface area contributed by atoms with Gasteiger partial charge in [-0.15, -0.1) is 0 Å². The van der Waals surface area contributed by atoms with Gasteiger partial charge in [0.2, 0.25) is 0 Å². The average Bonchev–Trinajstić information content (AvgIpc) is 2.38. The summed E-state index contributed by atoms with van der Waals surface area (Å²) in [6.07, 6.45) is 0.124. The number of rotatable bonds is 4. The van der Waals surface area contributed by atoms with Crippen LogP contribution < -0.4 is 0 Å². The van der Waals surface area contributed by atoms with Gasteiger partial charge in [-0.25, -0.2) is 9.97 Å². The van der Waals surface area contributed by atoms with Crippen molar-refractivity contribution in [1.82, 2.24) is 9.97 Å². The molecule has 0 spiro atoms. The molecule has 0 unspecified atom stereocenters. The molecule has 2 aromatic rings. The molecule has 0 amide bonds. The Kier molecular flexibility index (Phi) is 4.27. The van der Waals surface area contributed by atoms with Gasteiger partial charge in [0.15, 0.2) is 5.82 Å². The fourth-order valence-electron chi connectivity index (χ4n) is 2.10. The minimum absolute atomic E-state index is 0.124. The van der Waals surface area contributed by atoms with Crippen molar-refractivity contribution in [2.24, 2.45) is 0 Å². The van der Waals surface area contributed by atoms with Crippen LogP contribution in [0.15, 0.2) is 30.3 Å². The second-order valence-corrected chi connectivity index (χ2v) is 4.69. The lowest BCUT2D eigenvalue weighted by Gasteiger charge is -2.12. The van der Waals surface area contributed by atoms with Gasteiger partial charge in [0.1, 0.15) is 0 Å². The monoisotopic (exact) mass is 256 g/mol. The Morgan fingerprint density at radius 2 is 1.63 bits per heavy atom. The van der Waals surface area contributed by atoms with Crippen LogP contribution in [-0.2, 0) is 4.74 Å². The summed E-state index contributed by atoms with van der Waals surface area (Å²) in [6.45, 7) is 8.77. The van der Waals surface area contributed by atoms with E-state index in [-0.39, 0.29) is 6.10 Å². The van der Waals surface area contributed by atoms with E-state index in [4.69, 9.17) is 4.74 Å². The molecule has 19 heavy (non-hydrogen) atoms. The van der Waals surface area contributed by atoms with Crippen molar-refractivity contribution in [2.75, 3.05) is 6.61 Å². The minimum atomic E-state index is 0.124. The van der Waals surface area contributed by atoms with Gasteiger partial charge in [-0.3, -0.25) is 0 Å². The molecule has 0 aliphatic rings. The molecule has 0 fully saturated rings. The number of aromatic nitrogens is 2. The Hall–Kier alpha value is -1.74. The molecule has 0 N–H and O–H groups in total. The zero-order valence-electron chi connectivity index (χ0n) is 12.0. The van der Waals surface area contributed by atoms with Crippen LogP contribution in [-0.4, -0.2) is 16.6 Å². The summed E-state index contributed by atoms with van der Waals surface area (Å²) in [7, 11) is 0. The number of hydrogen-bond donors (Lipinski definition) is 0. The summed E-state index contributed by atoms with van der Waals surface area (Å²) in [5.74, 6) is 0.785. The van der Waals surface area contributed by atoms with Crippen LogP contribution in [0.3, 0.4) is 0 Å². The number of benzene rings is 1. The number of nitrogens with zero attached hydrogens (tertiary/aromatic N) is 2. The largest absolute Gasteiger partial charge is 0.374 e. The zero-order chi connectivity index (χ0) is 13.8. The van der Waals surface area contributed by atoms with Gasteiger partial charge in [-0.05, 0) is 39.3 Å². The molecular weight excluding hydrogens is 236 g/mol. The lowest BCUT2D eigenvalue weighted by Crippen LogP contribution is -1.99. The number of aryl methyl sites for hydroxylation is 2. The third-order valence-electron chi connectivity index (χ3n) is 3.04. The van der Waals surface area contributed by atoms with E-state index in [9.17, 15) is 0 Å². The SMILES string of the molecule is CCO[C@@H](C)c1ccc(-c2nc(C)cc(C)n2)cc1. The maximum atomic E-state index is 5.58. The van der Waals surface area contributed by atoms with Crippen LogP contribution in [0.2, 0.25) is 0 Å². The van der Waals surface area contributed by atoms with Crippen LogP contribution in [0.1, 0.15) is 36.9 Å². The fraction of sp³-hybridized carbons (Fsp3) is 0.375. The van der Waals surface area contributed by atoms with E-state index in [1.54, 1.807) is 0 Å². The average molecular weight is 256 g/mol. The predicted octanol–water partition coefficient (Wildman–Crippen LogP) is 3.86. The van der Waals surface area contributed by atoms with Gasteiger partial charge in [-0.1, -0.05) is 24.3 Å². The highest BCUT2D eigenvalue weighted by atomic mass is 16.5. The van der Waals surface area contributed by atoms with Crippen LogP contribution in [0, 0.1) is 13.8 Å². The van der Waals surface area contributed by atoms with E-state index in [0.29, 0.717) is 0 Å². The van der Waals surface area contributed by atoms with E-state index in [0.717, 1.165) is 29.4 Å². The van der Waals surface area contributed by atoms with Crippen molar-refractivity contribution in [3.8, 4) is 11.4 Å². The van der Waals surface area contributed by atoms with Crippen molar-refractivity contribution < 1.29 is 4.74 Å². The summed E-state index contributed by atoms with van der Waals surface area (Å²) >= 11 is 0. The molecule has 0 saturated heterocycles. The van der Waals surface area contributed by atoms with Crippen molar-refractivity contribution in [2.45, 2.75) is 33.8 Å². The fourth-order valence-corrected chi connectivity index (χ4v) is 2.10. The smallest absolute Gasteiger partial charge is 0.159 e. The summed E-state index contributed by atoms with van der Waals surface area (Å²) in [5, 5.41) is 0. The van der Waals surface area contributed by atoms with Crippen molar-refractivity contribution >= 4 is 0 Å². The summed E-state index contributed by atoms with van der Waals surface area (Å²) in [4.78, 5) is 8.95. The molecule has 0 saturated carbocycles. The predicted molar refractivity (Wildman–Crippen MR) is 77.0 cm³/mol. The van der Waals surface area contributed by atoms with Crippen molar-refractivity contribution in [3.05, 3.63) is 47.3 Å². The third-order valence-corrected chi connectivity index (χ3v) is 3.04. The first-order valence-corrected chi connectivity index (χ1v) is 6.64. The molecule has 0 aliphatic carbocycles. The Morgan fingerprint density at radius 1 is 1.05 bits per heavy atom. The summed E-state index contributed by atoms with van der Waals surface area (Å²) in [6, 6.07) is 10.3. The Balaban J connectivity index is 2.27. The normalized spacial score (nSPS) is 12.4. The Morgan fingerprint density at radius 3 is 2.16 bits per heavy atom. The highest BCUT2D eigenvalue weighted by Gasteiger charge is 2.07. The zero-order valence-corrected chi connectivity index (χ0v) is 12.0. The lowest BCUT2D eigenvalue weighted by atomic mass is 10.1. The Bertz CT molecular complexity index is 529. The first kappa shape index (κ1) is 13.7. The van der Waals surface area contributed by atoms with Crippen LogP contribution in [0.4, 0.5) is 0 Å². The van der Waals surface area contributed by atoms with Gasteiger partial charge in [-0.2, -0.15) is 0 Å². The molecule has 2 rings (SSSR count). The molecule has 0 bridgehead atoms. The van der Waals surface area contributed by atoms with Crippen molar-refractivity contribution in [3.63, 3.8) is 0 Å². The van der Waals surface area contributed by atoms with Crippen LogP contribution >= 0.6 is 0 Å². The molecule has 3 nitrogen and oxygen atoms in total. The number of hydrogen-bond acceptors (Lipinski definition) is 3. The van der Waals surface area contributed by atoms with E-state index >= 15 is 0 Å². The quantitative estimate of drug-likeness (QED) is 0.833. The molecule has 1 aromatic carbocycles. The first-order chi connectivity index (χ1) is 9.10. The second kappa shape index (κ2) is 5.93. The van der Waals surface area contributed by atoms with E-state index < -0.39 is 0 Å². The Labute approximate surface area is 114 Å². The maximum absolute atomic E-state index is 5.58. The molecule has 1 heterocycles. The maximum Gasteiger partial charge on any atom is 0.159 e. The highest BCUT2D eigenvalue weighted by molar-refractivity contribution is 5.55. The highest BCUT2D eigenvalue weighted by Crippen LogP contribution is 2.21. The standard InChI is InChI=1S/C16H20N2O/c1-5-19-13(4)14-6-8-15(9-7-14)16-17-11(2)10-12(3)18-16/h6-10,13H,5H2,1-4H3/t13-/m0/s1. The number of ether oxygens (including phenoxy) is 1. The minimum Gasteiger partial charge on any atom is -0.374 e. The summed E-state index contributed by atoms with van der Waals surface area (Å²) < 4.78 is 5.58. The molecule has 0 radical (unpaired) electrons. The molecule has 100 valence electrons. The van der Waals surface area contributed by atoms with Gasteiger partial charge in [0.05, 0.1) is 6.10 Å². The molecule has 3 heteroatoms.